The molecular formula is C13H12ClFN4O. The molecule has 0 atom stereocenters. The summed E-state index contributed by atoms with van der Waals surface area (Å²) in [6.45, 7) is 0.311. The van der Waals surface area contributed by atoms with Crippen molar-refractivity contribution in [2.45, 2.75) is 6.54 Å². The molecular weight excluding hydrogens is 283 g/mol. The van der Waals surface area contributed by atoms with Crippen molar-refractivity contribution in [3.05, 3.63) is 53.2 Å². The third kappa shape index (κ3) is 4.17. The molecule has 0 unspecified atom stereocenters. The number of nitrogens with one attached hydrogen (secondary N) is 2. The Morgan fingerprint density at radius 1 is 1.30 bits per heavy atom. The van der Waals surface area contributed by atoms with Gasteiger partial charge in [0.2, 0.25) is 11.2 Å². The maximum Gasteiger partial charge on any atom is 0.239 e. The lowest BCUT2D eigenvalue weighted by Gasteiger charge is -2.07. The van der Waals surface area contributed by atoms with Crippen LogP contribution in [0.1, 0.15) is 5.56 Å². The van der Waals surface area contributed by atoms with Gasteiger partial charge >= 0.3 is 0 Å². The molecule has 2 N–H and O–H groups in total. The first-order chi connectivity index (χ1) is 9.65. The van der Waals surface area contributed by atoms with Gasteiger partial charge in [-0.25, -0.2) is 9.37 Å². The highest BCUT2D eigenvalue weighted by atomic mass is 35.5. The number of carbonyl (C=O) groups is 1. The van der Waals surface area contributed by atoms with Crippen molar-refractivity contribution >= 4 is 23.3 Å². The van der Waals surface area contributed by atoms with E-state index >= 15 is 0 Å². The molecule has 0 saturated heterocycles. The van der Waals surface area contributed by atoms with E-state index in [4.69, 9.17) is 11.6 Å². The molecule has 104 valence electrons. The molecule has 0 aliphatic carbocycles. The molecule has 0 spiro atoms. The summed E-state index contributed by atoms with van der Waals surface area (Å²) in [5.74, 6) is -1.03. The van der Waals surface area contributed by atoms with E-state index < -0.39 is 5.82 Å². The summed E-state index contributed by atoms with van der Waals surface area (Å²) < 4.78 is 13.3. The Morgan fingerprint density at radius 2 is 2.05 bits per heavy atom. The maximum atomic E-state index is 13.3. The Bertz CT molecular complexity index is 594. The monoisotopic (exact) mass is 294 g/mol. The average molecular weight is 295 g/mol. The van der Waals surface area contributed by atoms with Gasteiger partial charge in [0, 0.05) is 6.54 Å². The Balaban J connectivity index is 1.82. The van der Waals surface area contributed by atoms with Gasteiger partial charge < -0.3 is 10.6 Å². The van der Waals surface area contributed by atoms with Crippen LogP contribution in [0.25, 0.3) is 0 Å². The average Bonchev–Trinajstić information content (AvgIpc) is 2.47. The number of hydrogen-bond donors (Lipinski definition) is 2. The summed E-state index contributed by atoms with van der Waals surface area (Å²) in [6.07, 6.45) is 0.944. The molecule has 1 aromatic carbocycles. The van der Waals surface area contributed by atoms with Crippen molar-refractivity contribution in [3.63, 3.8) is 0 Å². The number of nitrogens with zero attached hydrogens (tertiary/aromatic N) is 2. The van der Waals surface area contributed by atoms with E-state index in [2.05, 4.69) is 20.6 Å². The lowest BCUT2D eigenvalue weighted by atomic mass is 10.2. The van der Waals surface area contributed by atoms with E-state index in [-0.39, 0.29) is 23.6 Å². The molecule has 1 aromatic heterocycles. The first kappa shape index (κ1) is 14.2. The van der Waals surface area contributed by atoms with Crippen LogP contribution >= 0.6 is 11.6 Å². The molecule has 2 aromatic rings. The normalized spacial score (nSPS) is 10.1. The smallest absolute Gasteiger partial charge is 0.239 e. The van der Waals surface area contributed by atoms with Gasteiger partial charge in [0.15, 0.2) is 11.6 Å². The fraction of sp³-hybridized carbons (Fsp3) is 0.154. The highest BCUT2D eigenvalue weighted by Crippen LogP contribution is 2.11. The Morgan fingerprint density at radius 3 is 2.80 bits per heavy atom. The summed E-state index contributed by atoms with van der Waals surface area (Å²) >= 11 is 5.54. The topological polar surface area (TPSA) is 66.9 Å². The Labute approximate surface area is 120 Å². The molecule has 0 bridgehead atoms. The SMILES string of the molecule is O=C(CNc1nc(Cl)ncc1F)NCc1ccccc1. The molecule has 5 nitrogen and oxygen atoms in total. The molecule has 2 rings (SSSR count). The van der Waals surface area contributed by atoms with Crippen LogP contribution in [-0.4, -0.2) is 22.4 Å². The molecule has 7 heteroatoms. The van der Waals surface area contributed by atoms with Gasteiger partial charge in [-0.05, 0) is 17.2 Å². The van der Waals surface area contributed by atoms with Crippen LogP contribution in [0.4, 0.5) is 10.2 Å². The molecule has 0 radical (unpaired) electrons. The van der Waals surface area contributed by atoms with Crippen LogP contribution < -0.4 is 10.6 Å². The van der Waals surface area contributed by atoms with Gasteiger partial charge in [-0.1, -0.05) is 30.3 Å². The summed E-state index contributed by atoms with van der Waals surface area (Å²) in [6, 6.07) is 9.47. The zero-order valence-electron chi connectivity index (χ0n) is 10.4. The second kappa shape index (κ2) is 6.81. The van der Waals surface area contributed by atoms with Gasteiger partial charge in [0.05, 0.1) is 12.7 Å². The molecule has 20 heavy (non-hydrogen) atoms. The van der Waals surface area contributed by atoms with Crippen molar-refractivity contribution < 1.29 is 9.18 Å². The highest BCUT2D eigenvalue weighted by molar-refractivity contribution is 6.28. The van der Waals surface area contributed by atoms with E-state index in [0.29, 0.717) is 6.54 Å². The predicted octanol–water partition coefficient (Wildman–Crippen LogP) is 2.00. The van der Waals surface area contributed by atoms with E-state index in [9.17, 15) is 9.18 Å². The van der Waals surface area contributed by atoms with Crippen LogP contribution in [0, 0.1) is 5.82 Å². The number of aromatic nitrogens is 2. The van der Waals surface area contributed by atoms with Crippen molar-refractivity contribution in [2.75, 3.05) is 11.9 Å². The largest absolute Gasteiger partial charge is 0.358 e. The lowest BCUT2D eigenvalue weighted by Crippen LogP contribution is -2.29. The van der Waals surface area contributed by atoms with E-state index in [1.807, 2.05) is 30.3 Å². The maximum absolute atomic E-state index is 13.3. The minimum atomic E-state index is -0.662. The summed E-state index contributed by atoms with van der Waals surface area (Å²) in [7, 11) is 0. The lowest BCUT2D eigenvalue weighted by molar-refractivity contribution is -0.119. The van der Waals surface area contributed by atoms with Gasteiger partial charge in [-0.2, -0.15) is 4.98 Å². The highest BCUT2D eigenvalue weighted by Gasteiger charge is 2.07. The Hall–Kier alpha value is -2.21. The zero-order valence-corrected chi connectivity index (χ0v) is 11.2. The summed E-state index contributed by atoms with van der Waals surface area (Å²) in [4.78, 5) is 18.7. The van der Waals surface area contributed by atoms with Crippen LogP contribution in [-0.2, 0) is 11.3 Å². The minimum absolute atomic E-state index is 0.0846. The summed E-state index contributed by atoms with van der Waals surface area (Å²) in [5.41, 5.74) is 0.983. The number of hydrogen-bond acceptors (Lipinski definition) is 4. The number of amides is 1. The number of carbonyl (C=O) groups excluding carboxylic acids is 1. The van der Waals surface area contributed by atoms with Crippen molar-refractivity contribution in [2.24, 2.45) is 0 Å². The number of benzene rings is 1. The predicted molar refractivity (Wildman–Crippen MR) is 73.8 cm³/mol. The van der Waals surface area contributed by atoms with E-state index in [1.165, 1.54) is 0 Å². The molecule has 0 saturated carbocycles. The van der Waals surface area contributed by atoms with Crippen LogP contribution in [0.3, 0.4) is 0 Å². The minimum Gasteiger partial charge on any atom is -0.358 e. The number of anilines is 1. The van der Waals surface area contributed by atoms with E-state index in [0.717, 1.165) is 11.8 Å². The second-order valence-corrected chi connectivity index (χ2v) is 4.29. The van der Waals surface area contributed by atoms with E-state index in [1.54, 1.807) is 0 Å². The van der Waals surface area contributed by atoms with Crippen molar-refractivity contribution in [3.8, 4) is 0 Å². The van der Waals surface area contributed by atoms with Crippen LogP contribution in [0.15, 0.2) is 36.5 Å². The second-order valence-electron chi connectivity index (χ2n) is 3.95. The standard InChI is InChI=1S/C13H12ClFN4O/c14-13-18-7-10(15)12(19-13)17-8-11(20)16-6-9-4-2-1-3-5-9/h1-5,7H,6,8H2,(H,16,20)(H,17,18,19). The fourth-order valence-corrected chi connectivity index (χ4v) is 1.63. The Kier molecular flexibility index (Phi) is 4.84. The van der Waals surface area contributed by atoms with Crippen LogP contribution in [0.5, 0.6) is 0 Å². The number of halogens is 2. The summed E-state index contributed by atoms with van der Waals surface area (Å²) in [5, 5.41) is 5.19. The van der Waals surface area contributed by atoms with Gasteiger partial charge in [-0.3, -0.25) is 4.79 Å². The molecule has 0 aliphatic rings. The zero-order chi connectivity index (χ0) is 14.4. The number of rotatable bonds is 5. The van der Waals surface area contributed by atoms with Crippen LogP contribution in [0.2, 0.25) is 5.28 Å². The third-order valence-corrected chi connectivity index (χ3v) is 2.65. The molecule has 1 amide bonds. The quantitative estimate of drug-likeness (QED) is 0.828. The third-order valence-electron chi connectivity index (χ3n) is 2.46. The van der Waals surface area contributed by atoms with Crippen molar-refractivity contribution in [1.29, 1.82) is 0 Å². The molecule has 1 heterocycles. The molecule has 0 aliphatic heterocycles. The van der Waals surface area contributed by atoms with Crippen molar-refractivity contribution in [1.82, 2.24) is 15.3 Å². The molecule has 0 fully saturated rings. The first-order valence-corrected chi connectivity index (χ1v) is 6.25. The van der Waals surface area contributed by atoms with Gasteiger partial charge in [0.25, 0.3) is 0 Å². The van der Waals surface area contributed by atoms with Gasteiger partial charge in [-0.15, -0.1) is 0 Å². The fourth-order valence-electron chi connectivity index (χ4n) is 1.49. The van der Waals surface area contributed by atoms with Gasteiger partial charge in [0.1, 0.15) is 0 Å². The first-order valence-electron chi connectivity index (χ1n) is 5.87.